The number of ether oxygens (including phenoxy) is 1. The van der Waals surface area contributed by atoms with Gasteiger partial charge in [-0.1, -0.05) is 15.9 Å². The van der Waals surface area contributed by atoms with Crippen LogP contribution in [0.15, 0.2) is 22.7 Å². The number of hydrogen-bond donors (Lipinski definition) is 1. The molecule has 1 aromatic rings. The zero-order valence-electron chi connectivity index (χ0n) is 14.4. The summed E-state index contributed by atoms with van der Waals surface area (Å²) in [5, 5.41) is 0. The summed E-state index contributed by atoms with van der Waals surface area (Å²) in [6.45, 7) is 6.25. The van der Waals surface area contributed by atoms with Gasteiger partial charge in [-0.3, -0.25) is 4.79 Å². The Morgan fingerprint density at radius 3 is 2.44 bits per heavy atom. The van der Waals surface area contributed by atoms with Crippen LogP contribution in [0.5, 0.6) is 0 Å². The molecule has 0 aliphatic carbocycles. The fourth-order valence-electron chi connectivity index (χ4n) is 2.02. The van der Waals surface area contributed by atoms with E-state index in [4.69, 9.17) is 4.74 Å². The number of esters is 1. The number of rotatable bonds is 7. The molecule has 0 saturated carbocycles. The third-order valence-electron chi connectivity index (χ3n) is 3.34. The molecule has 4 nitrogen and oxygen atoms in total. The van der Waals surface area contributed by atoms with Gasteiger partial charge in [0.2, 0.25) is 0 Å². The lowest BCUT2D eigenvalue weighted by Gasteiger charge is -2.35. The van der Waals surface area contributed by atoms with Gasteiger partial charge >= 0.3 is 5.97 Å². The van der Waals surface area contributed by atoms with Crippen molar-refractivity contribution in [2.24, 2.45) is 0 Å². The molecule has 1 aromatic carbocycles. The number of benzene rings is 1. The van der Waals surface area contributed by atoms with E-state index in [1.807, 2.05) is 0 Å². The van der Waals surface area contributed by atoms with Crippen molar-refractivity contribution in [2.75, 3.05) is 6.61 Å². The number of carbonyl (C=O) groups excluding carboxylic acids is 1. The van der Waals surface area contributed by atoms with Crippen LogP contribution in [0.3, 0.4) is 0 Å². The number of hydrogen-bond acceptors (Lipinski definition) is 3. The van der Waals surface area contributed by atoms with E-state index in [1.165, 1.54) is 13.0 Å². The van der Waals surface area contributed by atoms with Crippen molar-refractivity contribution in [3.63, 3.8) is 0 Å². The van der Waals surface area contributed by atoms with Crippen LogP contribution >= 0.6 is 15.9 Å². The second-order valence-electron chi connectivity index (χ2n) is 6.36. The van der Waals surface area contributed by atoms with Gasteiger partial charge in [-0.25, -0.2) is 22.1 Å². The van der Waals surface area contributed by atoms with Crippen molar-refractivity contribution < 1.29 is 26.9 Å². The van der Waals surface area contributed by atoms with Gasteiger partial charge in [-0.2, -0.15) is 0 Å². The summed E-state index contributed by atoms with van der Waals surface area (Å²) >= 11 is 3.11. The predicted molar refractivity (Wildman–Crippen MR) is 94.1 cm³/mol. The molecule has 0 spiro atoms. The zero-order valence-corrected chi connectivity index (χ0v) is 16.8. The van der Waals surface area contributed by atoms with Gasteiger partial charge in [0.15, 0.2) is 0 Å². The molecular formula is C16H21BrF3NO3S. The zero-order chi connectivity index (χ0) is 19.4. The quantitative estimate of drug-likeness (QED) is 0.646. The van der Waals surface area contributed by atoms with Gasteiger partial charge in [0.25, 0.3) is 6.43 Å². The van der Waals surface area contributed by atoms with Crippen LogP contribution in [0.25, 0.3) is 0 Å². The van der Waals surface area contributed by atoms with Gasteiger partial charge in [-0.05, 0) is 45.9 Å². The first kappa shape index (κ1) is 22.1. The minimum atomic E-state index is -3.22. The van der Waals surface area contributed by atoms with Crippen molar-refractivity contribution in [1.29, 1.82) is 0 Å². The lowest BCUT2D eigenvalue weighted by atomic mass is 9.87. The van der Waals surface area contributed by atoms with E-state index in [9.17, 15) is 22.2 Å². The van der Waals surface area contributed by atoms with E-state index < -0.39 is 51.5 Å². The Hall–Kier alpha value is -0.930. The maximum atomic E-state index is 14.4. The minimum Gasteiger partial charge on any atom is -0.466 e. The van der Waals surface area contributed by atoms with Crippen LogP contribution in [-0.2, 0) is 26.1 Å². The molecule has 0 heterocycles. The van der Waals surface area contributed by atoms with Crippen LogP contribution in [0.4, 0.5) is 13.2 Å². The summed E-state index contributed by atoms with van der Waals surface area (Å²) in [6.07, 6.45) is -4.08. The van der Waals surface area contributed by atoms with Crippen molar-refractivity contribution in [1.82, 2.24) is 4.72 Å². The predicted octanol–water partition coefficient (Wildman–Crippen LogP) is 4.05. The van der Waals surface area contributed by atoms with Crippen LogP contribution in [0.1, 0.15) is 39.7 Å². The van der Waals surface area contributed by atoms with Crippen molar-refractivity contribution in [3.05, 3.63) is 34.1 Å². The monoisotopic (exact) mass is 443 g/mol. The third-order valence-corrected chi connectivity index (χ3v) is 5.50. The molecule has 1 N–H and O–H groups in total. The highest BCUT2D eigenvalue weighted by Crippen LogP contribution is 2.37. The molecule has 0 saturated heterocycles. The summed E-state index contributed by atoms with van der Waals surface area (Å²) in [5.74, 6) is -1.88. The van der Waals surface area contributed by atoms with E-state index in [0.717, 1.165) is 12.1 Å². The second kappa shape index (κ2) is 8.64. The van der Waals surface area contributed by atoms with Gasteiger partial charge < -0.3 is 4.74 Å². The molecule has 25 heavy (non-hydrogen) atoms. The standard InChI is InChI=1S/C16H21BrF3NO3S/c1-5-24-13(22)9-16(14(19)20,21-25(23)15(2,3)4)11-8-10(17)6-7-12(11)18/h6-8,14,21H,5,9H2,1-4H3/t16-,25+/m0/s1. The topological polar surface area (TPSA) is 55.4 Å². The van der Waals surface area contributed by atoms with Crippen molar-refractivity contribution in [3.8, 4) is 0 Å². The highest BCUT2D eigenvalue weighted by Gasteiger charge is 2.48. The Morgan fingerprint density at radius 1 is 1.36 bits per heavy atom. The summed E-state index contributed by atoms with van der Waals surface area (Å²) in [5.41, 5.74) is -2.94. The number of alkyl halides is 2. The molecule has 142 valence electrons. The van der Waals surface area contributed by atoms with Crippen LogP contribution in [0, 0.1) is 5.82 Å². The minimum absolute atomic E-state index is 0.0124. The number of nitrogens with one attached hydrogen (secondary N) is 1. The first-order valence-electron chi connectivity index (χ1n) is 7.53. The van der Waals surface area contributed by atoms with Gasteiger partial charge in [-0.15, -0.1) is 0 Å². The molecular weight excluding hydrogens is 423 g/mol. The molecule has 0 aromatic heterocycles. The largest absolute Gasteiger partial charge is 0.466 e. The second-order valence-corrected chi connectivity index (χ2v) is 9.24. The van der Waals surface area contributed by atoms with Crippen molar-refractivity contribution >= 4 is 32.9 Å². The summed E-state index contributed by atoms with van der Waals surface area (Å²) in [4.78, 5) is 11.9. The Morgan fingerprint density at radius 2 is 1.96 bits per heavy atom. The molecule has 0 aliphatic rings. The third kappa shape index (κ3) is 5.52. The number of halogens is 4. The average molecular weight is 444 g/mol. The van der Waals surface area contributed by atoms with Gasteiger partial charge in [0.05, 0.1) is 28.8 Å². The smallest absolute Gasteiger partial charge is 0.308 e. The summed E-state index contributed by atoms with van der Waals surface area (Å²) in [7, 11) is -1.98. The van der Waals surface area contributed by atoms with Gasteiger partial charge in [0, 0.05) is 10.0 Å². The van der Waals surface area contributed by atoms with Crippen LogP contribution in [0.2, 0.25) is 0 Å². The summed E-state index contributed by atoms with van der Waals surface area (Å²) in [6, 6.07) is 3.50. The fourth-order valence-corrected chi connectivity index (χ4v) is 3.29. The SMILES string of the molecule is CCOC(=O)C[C@](N[S@](=O)C(C)(C)C)(c1cc(Br)ccc1F)C(F)F. The Bertz CT molecular complexity index is 652. The Kier molecular flexibility index (Phi) is 7.64. The van der Waals surface area contributed by atoms with E-state index in [-0.39, 0.29) is 6.61 Å². The molecule has 0 amide bonds. The molecule has 1 rings (SSSR count). The molecule has 0 radical (unpaired) electrons. The average Bonchev–Trinajstić information content (AvgIpc) is 2.47. The molecule has 0 unspecified atom stereocenters. The highest BCUT2D eigenvalue weighted by molar-refractivity contribution is 9.10. The van der Waals surface area contributed by atoms with Crippen LogP contribution in [-0.4, -0.2) is 28.0 Å². The molecule has 2 atom stereocenters. The fraction of sp³-hybridized carbons (Fsp3) is 0.562. The van der Waals surface area contributed by atoms with E-state index >= 15 is 0 Å². The lowest BCUT2D eigenvalue weighted by Crippen LogP contribution is -2.54. The first-order valence-corrected chi connectivity index (χ1v) is 9.47. The molecule has 0 fully saturated rings. The van der Waals surface area contributed by atoms with E-state index in [2.05, 4.69) is 20.7 Å². The number of carbonyl (C=O) groups is 1. The normalized spacial score (nSPS) is 15.7. The maximum Gasteiger partial charge on any atom is 0.308 e. The maximum absolute atomic E-state index is 14.4. The Labute approximate surface area is 156 Å². The highest BCUT2D eigenvalue weighted by atomic mass is 79.9. The van der Waals surface area contributed by atoms with Gasteiger partial charge in [0.1, 0.15) is 11.4 Å². The van der Waals surface area contributed by atoms with E-state index in [0.29, 0.717) is 4.47 Å². The molecule has 0 bridgehead atoms. The first-order chi connectivity index (χ1) is 11.4. The Balaban J connectivity index is 3.52. The lowest BCUT2D eigenvalue weighted by molar-refractivity contribution is -0.147. The summed E-state index contributed by atoms with van der Waals surface area (Å²) < 4.78 is 61.6. The molecule has 0 aliphatic heterocycles. The van der Waals surface area contributed by atoms with E-state index in [1.54, 1.807) is 20.8 Å². The van der Waals surface area contributed by atoms with Crippen LogP contribution < -0.4 is 4.72 Å². The van der Waals surface area contributed by atoms with Crippen molar-refractivity contribution in [2.45, 2.75) is 50.8 Å². The molecule has 9 heteroatoms.